The topological polar surface area (TPSA) is 55.4 Å². The second-order valence-electron chi connectivity index (χ2n) is 6.07. The Hall–Kier alpha value is -2.30. The summed E-state index contributed by atoms with van der Waals surface area (Å²) in [7, 11) is 0. The Labute approximate surface area is 117 Å². The van der Waals surface area contributed by atoms with Gasteiger partial charge in [-0.05, 0) is 39.8 Å². The number of hydrogen-bond acceptors (Lipinski definition) is 3. The number of fused-ring (bicyclic) bond motifs is 1. The van der Waals surface area contributed by atoms with Crippen molar-refractivity contribution in [2.75, 3.05) is 0 Å². The highest BCUT2D eigenvalue weighted by atomic mass is 16.3. The fourth-order valence-electron chi connectivity index (χ4n) is 2.19. The maximum absolute atomic E-state index is 10.1. The molecule has 0 aliphatic heterocycles. The van der Waals surface area contributed by atoms with Gasteiger partial charge in [0.15, 0.2) is 0 Å². The molecular formula is C15H18N4O. The Bertz CT molecular complexity index is 777. The van der Waals surface area contributed by atoms with Gasteiger partial charge < -0.3 is 5.11 Å². The zero-order valence-electron chi connectivity index (χ0n) is 12.1. The van der Waals surface area contributed by atoms with Gasteiger partial charge in [0.25, 0.3) is 0 Å². The van der Waals surface area contributed by atoms with Crippen LogP contribution in [0, 0.1) is 6.92 Å². The quantitative estimate of drug-likeness (QED) is 0.739. The number of aromatic hydroxyl groups is 1. The number of hydrogen-bond donors (Lipinski definition) is 1. The normalized spacial score (nSPS) is 12.2. The molecule has 0 bridgehead atoms. The zero-order valence-corrected chi connectivity index (χ0v) is 12.1. The highest BCUT2D eigenvalue weighted by Crippen LogP contribution is 2.28. The Balaban J connectivity index is 2.12. The Morgan fingerprint density at radius 3 is 2.50 bits per heavy atom. The van der Waals surface area contributed by atoms with Crippen molar-refractivity contribution in [1.82, 2.24) is 19.4 Å². The molecule has 3 heterocycles. The molecule has 0 amide bonds. The SMILES string of the molecule is Cc1cc2c(O)cc(-c3cnn(C(C)(C)C)c3)cn2n1. The Morgan fingerprint density at radius 2 is 1.85 bits per heavy atom. The monoisotopic (exact) mass is 270 g/mol. The van der Waals surface area contributed by atoms with Crippen LogP contribution in [0.2, 0.25) is 0 Å². The lowest BCUT2D eigenvalue weighted by atomic mass is 10.1. The van der Waals surface area contributed by atoms with Crippen molar-refractivity contribution >= 4 is 5.52 Å². The van der Waals surface area contributed by atoms with Crippen molar-refractivity contribution in [2.45, 2.75) is 33.2 Å². The molecule has 0 unspecified atom stereocenters. The van der Waals surface area contributed by atoms with Crippen LogP contribution in [0.3, 0.4) is 0 Å². The van der Waals surface area contributed by atoms with Gasteiger partial charge in [-0.25, -0.2) is 4.52 Å². The summed E-state index contributed by atoms with van der Waals surface area (Å²) >= 11 is 0. The summed E-state index contributed by atoms with van der Waals surface area (Å²) in [4.78, 5) is 0. The first-order valence-electron chi connectivity index (χ1n) is 6.59. The van der Waals surface area contributed by atoms with Gasteiger partial charge in [0.1, 0.15) is 11.3 Å². The molecular weight excluding hydrogens is 252 g/mol. The van der Waals surface area contributed by atoms with Gasteiger partial charge in [-0.2, -0.15) is 10.2 Å². The van der Waals surface area contributed by atoms with Crippen LogP contribution in [0.4, 0.5) is 0 Å². The summed E-state index contributed by atoms with van der Waals surface area (Å²) in [6, 6.07) is 3.61. The fourth-order valence-corrected chi connectivity index (χ4v) is 2.19. The molecule has 0 saturated heterocycles. The van der Waals surface area contributed by atoms with Crippen LogP contribution in [0.1, 0.15) is 26.5 Å². The van der Waals surface area contributed by atoms with Gasteiger partial charge in [-0.15, -0.1) is 0 Å². The predicted octanol–water partition coefficient (Wildman–Crippen LogP) is 2.97. The number of aromatic nitrogens is 4. The minimum absolute atomic E-state index is 0.0628. The number of pyridine rings is 1. The molecule has 0 atom stereocenters. The van der Waals surface area contributed by atoms with E-state index in [9.17, 15) is 5.11 Å². The summed E-state index contributed by atoms with van der Waals surface area (Å²) in [5.41, 5.74) is 3.39. The summed E-state index contributed by atoms with van der Waals surface area (Å²) < 4.78 is 3.62. The molecule has 0 radical (unpaired) electrons. The van der Waals surface area contributed by atoms with E-state index in [1.165, 1.54) is 0 Å². The minimum atomic E-state index is -0.0628. The first-order chi connectivity index (χ1) is 9.34. The second kappa shape index (κ2) is 4.10. The molecule has 1 N–H and O–H groups in total. The van der Waals surface area contributed by atoms with E-state index in [1.54, 1.807) is 10.6 Å². The maximum atomic E-state index is 10.1. The molecule has 3 rings (SSSR count). The first-order valence-corrected chi connectivity index (χ1v) is 6.59. The highest BCUT2D eigenvalue weighted by Gasteiger charge is 2.15. The third kappa shape index (κ3) is 2.05. The third-order valence-corrected chi connectivity index (χ3v) is 3.28. The molecule has 3 aromatic rings. The minimum Gasteiger partial charge on any atom is -0.506 e. The lowest BCUT2D eigenvalue weighted by Gasteiger charge is -2.18. The van der Waals surface area contributed by atoms with Crippen LogP contribution in [-0.2, 0) is 5.54 Å². The Morgan fingerprint density at radius 1 is 1.10 bits per heavy atom. The van der Waals surface area contributed by atoms with Crippen LogP contribution < -0.4 is 0 Å². The van der Waals surface area contributed by atoms with E-state index in [2.05, 4.69) is 31.0 Å². The maximum Gasteiger partial charge on any atom is 0.141 e. The van der Waals surface area contributed by atoms with Crippen LogP contribution in [0.25, 0.3) is 16.6 Å². The average Bonchev–Trinajstić information content (AvgIpc) is 2.93. The predicted molar refractivity (Wildman–Crippen MR) is 77.8 cm³/mol. The van der Waals surface area contributed by atoms with Crippen LogP contribution in [-0.4, -0.2) is 24.5 Å². The van der Waals surface area contributed by atoms with E-state index in [0.29, 0.717) is 0 Å². The van der Waals surface area contributed by atoms with E-state index in [1.807, 2.05) is 36.3 Å². The molecule has 20 heavy (non-hydrogen) atoms. The van der Waals surface area contributed by atoms with Crippen molar-refractivity contribution in [3.63, 3.8) is 0 Å². The molecule has 0 aromatic carbocycles. The van der Waals surface area contributed by atoms with Crippen molar-refractivity contribution < 1.29 is 5.11 Å². The molecule has 0 spiro atoms. The van der Waals surface area contributed by atoms with Gasteiger partial charge in [0.05, 0.1) is 17.4 Å². The van der Waals surface area contributed by atoms with Gasteiger partial charge in [-0.1, -0.05) is 0 Å². The highest BCUT2D eigenvalue weighted by molar-refractivity contribution is 5.70. The fraction of sp³-hybridized carbons (Fsp3) is 0.333. The lowest BCUT2D eigenvalue weighted by molar-refractivity contribution is 0.355. The molecule has 0 aliphatic rings. The van der Waals surface area contributed by atoms with E-state index < -0.39 is 0 Å². The molecule has 0 fully saturated rings. The molecule has 104 valence electrons. The van der Waals surface area contributed by atoms with E-state index >= 15 is 0 Å². The van der Waals surface area contributed by atoms with E-state index in [-0.39, 0.29) is 11.3 Å². The van der Waals surface area contributed by atoms with Crippen molar-refractivity contribution in [2.24, 2.45) is 0 Å². The first kappa shape index (κ1) is 12.7. The van der Waals surface area contributed by atoms with E-state index in [0.717, 1.165) is 22.3 Å². The molecule has 5 heteroatoms. The van der Waals surface area contributed by atoms with Gasteiger partial charge in [0.2, 0.25) is 0 Å². The molecule has 5 nitrogen and oxygen atoms in total. The summed E-state index contributed by atoms with van der Waals surface area (Å²) in [5.74, 6) is 0.228. The van der Waals surface area contributed by atoms with Crippen LogP contribution in [0.5, 0.6) is 5.75 Å². The summed E-state index contributed by atoms with van der Waals surface area (Å²) in [6.45, 7) is 8.20. The third-order valence-electron chi connectivity index (χ3n) is 3.28. The summed E-state index contributed by atoms with van der Waals surface area (Å²) in [6.07, 6.45) is 5.70. The van der Waals surface area contributed by atoms with Crippen molar-refractivity contribution in [3.8, 4) is 16.9 Å². The van der Waals surface area contributed by atoms with Crippen LogP contribution in [0.15, 0.2) is 30.7 Å². The van der Waals surface area contributed by atoms with Gasteiger partial charge in [-0.3, -0.25) is 4.68 Å². The van der Waals surface area contributed by atoms with Gasteiger partial charge in [0, 0.05) is 23.5 Å². The number of rotatable bonds is 1. The van der Waals surface area contributed by atoms with E-state index in [4.69, 9.17) is 0 Å². The summed E-state index contributed by atoms with van der Waals surface area (Å²) in [5, 5.41) is 18.8. The number of aryl methyl sites for hydroxylation is 1. The standard InChI is InChI=1S/C15H18N4O/c1-10-5-13-14(20)6-11(8-18(13)17-10)12-7-16-19(9-12)15(2,3)4/h5-9,20H,1-4H3. The molecule has 3 aromatic heterocycles. The number of nitrogens with zero attached hydrogens (tertiary/aromatic N) is 4. The van der Waals surface area contributed by atoms with Crippen molar-refractivity contribution in [1.29, 1.82) is 0 Å². The largest absolute Gasteiger partial charge is 0.506 e. The smallest absolute Gasteiger partial charge is 0.141 e. The Kier molecular flexibility index (Phi) is 2.61. The zero-order chi connectivity index (χ0) is 14.5. The molecule has 0 aliphatic carbocycles. The average molecular weight is 270 g/mol. The van der Waals surface area contributed by atoms with Crippen molar-refractivity contribution in [3.05, 3.63) is 36.4 Å². The van der Waals surface area contributed by atoms with Crippen LogP contribution >= 0.6 is 0 Å². The van der Waals surface area contributed by atoms with Gasteiger partial charge >= 0.3 is 0 Å². The molecule has 0 saturated carbocycles. The lowest BCUT2D eigenvalue weighted by Crippen LogP contribution is -2.21. The second-order valence-corrected chi connectivity index (χ2v) is 6.07.